The number of carbonyl (C=O) groups is 2. The van der Waals surface area contributed by atoms with Gasteiger partial charge in [-0.3, -0.25) is 9.59 Å². The molecule has 0 bridgehead atoms. The fourth-order valence-corrected chi connectivity index (χ4v) is 3.09. The van der Waals surface area contributed by atoms with Crippen molar-refractivity contribution < 1.29 is 9.59 Å². The van der Waals surface area contributed by atoms with Crippen molar-refractivity contribution in [3.8, 4) is 0 Å². The van der Waals surface area contributed by atoms with Gasteiger partial charge < -0.3 is 10.2 Å². The molecule has 0 saturated heterocycles. The molecule has 0 atom stereocenters. The normalized spacial score (nSPS) is 13.3. The fourth-order valence-electron chi connectivity index (χ4n) is 2.90. The van der Waals surface area contributed by atoms with Crippen LogP contribution in [-0.2, 0) is 17.8 Å². The van der Waals surface area contributed by atoms with Crippen molar-refractivity contribution in [1.29, 1.82) is 0 Å². The third kappa shape index (κ3) is 3.60. The summed E-state index contributed by atoms with van der Waals surface area (Å²) in [7, 11) is 0. The second-order valence-corrected chi connectivity index (χ2v) is 6.30. The lowest BCUT2D eigenvalue weighted by molar-refractivity contribution is -0.131. The van der Waals surface area contributed by atoms with Gasteiger partial charge in [0.05, 0.1) is 0 Å². The summed E-state index contributed by atoms with van der Waals surface area (Å²) in [5, 5.41) is 3.42. The minimum absolute atomic E-state index is 0.161. The van der Waals surface area contributed by atoms with Gasteiger partial charge in [-0.25, -0.2) is 0 Å². The molecule has 1 heterocycles. The summed E-state index contributed by atoms with van der Waals surface area (Å²) in [5.41, 5.74) is 3.57. The first-order valence-corrected chi connectivity index (χ1v) is 8.41. The molecule has 124 valence electrons. The third-order valence-corrected chi connectivity index (χ3v) is 4.45. The number of nitrogens with zero attached hydrogens (tertiary/aromatic N) is 1. The number of carbonyl (C=O) groups excluding carboxylic acids is 2. The Morgan fingerprint density at radius 2 is 2.00 bits per heavy atom. The number of amides is 2. The zero-order valence-electron chi connectivity index (χ0n) is 13.5. The molecule has 2 aromatic carbocycles. The Hall–Kier alpha value is -2.33. The average molecular weight is 343 g/mol. The maximum absolute atomic E-state index is 12.3. The molecule has 1 aliphatic rings. The Balaban J connectivity index is 1.76. The molecule has 24 heavy (non-hydrogen) atoms. The quantitative estimate of drug-likeness (QED) is 0.920. The Morgan fingerprint density at radius 1 is 1.17 bits per heavy atom. The van der Waals surface area contributed by atoms with E-state index in [9.17, 15) is 9.59 Å². The lowest BCUT2D eigenvalue weighted by atomic mass is 9.98. The van der Waals surface area contributed by atoms with Gasteiger partial charge in [0, 0.05) is 35.8 Å². The van der Waals surface area contributed by atoms with E-state index in [0.29, 0.717) is 23.6 Å². The summed E-state index contributed by atoms with van der Waals surface area (Å²) in [5.74, 6) is -0.0382. The second kappa shape index (κ2) is 7.05. The first-order chi connectivity index (χ1) is 11.6. The number of hydrogen-bond donors (Lipinski definition) is 1. The topological polar surface area (TPSA) is 49.4 Å². The maximum atomic E-state index is 12.3. The van der Waals surface area contributed by atoms with Crippen LogP contribution in [0.25, 0.3) is 0 Å². The molecule has 1 N–H and O–H groups in total. The summed E-state index contributed by atoms with van der Waals surface area (Å²) in [6, 6.07) is 12.7. The van der Waals surface area contributed by atoms with E-state index in [-0.39, 0.29) is 11.8 Å². The number of fused-ring (bicyclic) bond motifs is 1. The number of halogens is 1. The number of anilines is 1. The summed E-state index contributed by atoms with van der Waals surface area (Å²) < 4.78 is 0. The highest BCUT2D eigenvalue weighted by Crippen LogP contribution is 2.23. The van der Waals surface area contributed by atoms with Crippen molar-refractivity contribution >= 4 is 29.1 Å². The third-order valence-electron chi connectivity index (χ3n) is 4.22. The van der Waals surface area contributed by atoms with Crippen LogP contribution in [0.1, 0.15) is 34.8 Å². The van der Waals surface area contributed by atoms with Crippen LogP contribution in [-0.4, -0.2) is 23.3 Å². The predicted octanol–water partition coefficient (Wildman–Crippen LogP) is 3.89. The van der Waals surface area contributed by atoms with E-state index in [2.05, 4.69) is 5.32 Å². The van der Waals surface area contributed by atoms with Crippen LogP contribution in [0.4, 0.5) is 5.69 Å². The van der Waals surface area contributed by atoms with Gasteiger partial charge in [-0.05, 0) is 47.9 Å². The van der Waals surface area contributed by atoms with Crippen LogP contribution < -0.4 is 5.32 Å². The van der Waals surface area contributed by atoms with Gasteiger partial charge in [0.25, 0.3) is 5.91 Å². The van der Waals surface area contributed by atoms with Gasteiger partial charge in [0.2, 0.25) is 5.91 Å². The zero-order valence-corrected chi connectivity index (χ0v) is 14.3. The standard InChI is InChI=1S/C19H19ClN2O2/c1-2-18(23)22-9-8-13-6-7-17(11-15(13)12-22)21-19(24)14-4-3-5-16(20)10-14/h3-7,10-11H,2,8-9,12H2,1H3,(H,21,24). The first-order valence-electron chi connectivity index (χ1n) is 8.03. The summed E-state index contributed by atoms with van der Waals surface area (Å²) in [4.78, 5) is 26.1. The molecule has 5 heteroatoms. The van der Waals surface area contributed by atoms with E-state index in [1.807, 2.05) is 30.0 Å². The van der Waals surface area contributed by atoms with E-state index in [4.69, 9.17) is 11.6 Å². The van der Waals surface area contributed by atoms with Crippen LogP contribution in [0.5, 0.6) is 0 Å². The highest BCUT2D eigenvalue weighted by Gasteiger charge is 2.20. The summed E-state index contributed by atoms with van der Waals surface area (Å²) in [6.45, 7) is 3.23. The molecule has 0 spiro atoms. The predicted molar refractivity (Wildman–Crippen MR) is 95.3 cm³/mol. The van der Waals surface area contributed by atoms with Gasteiger partial charge in [0.1, 0.15) is 0 Å². The molecule has 0 fully saturated rings. The van der Waals surface area contributed by atoms with Crippen LogP contribution in [0.3, 0.4) is 0 Å². The molecule has 0 aromatic heterocycles. The number of nitrogens with one attached hydrogen (secondary N) is 1. The van der Waals surface area contributed by atoms with E-state index in [0.717, 1.165) is 24.2 Å². The SMILES string of the molecule is CCC(=O)N1CCc2ccc(NC(=O)c3cccc(Cl)c3)cc2C1. The summed E-state index contributed by atoms with van der Waals surface area (Å²) in [6.07, 6.45) is 1.37. The van der Waals surface area contributed by atoms with Crippen molar-refractivity contribution in [1.82, 2.24) is 4.90 Å². The summed E-state index contributed by atoms with van der Waals surface area (Å²) >= 11 is 5.93. The Kier molecular flexibility index (Phi) is 4.86. The van der Waals surface area contributed by atoms with Crippen molar-refractivity contribution in [2.45, 2.75) is 26.3 Å². The van der Waals surface area contributed by atoms with Crippen LogP contribution in [0, 0.1) is 0 Å². The average Bonchev–Trinajstić information content (AvgIpc) is 2.60. The maximum Gasteiger partial charge on any atom is 0.255 e. The minimum atomic E-state index is -0.199. The van der Waals surface area contributed by atoms with Crippen molar-refractivity contribution in [2.24, 2.45) is 0 Å². The molecule has 4 nitrogen and oxygen atoms in total. The highest BCUT2D eigenvalue weighted by atomic mass is 35.5. The first kappa shape index (κ1) is 16.5. The largest absolute Gasteiger partial charge is 0.338 e. The van der Waals surface area contributed by atoms with E-state index in [1.54, 1.807) is 24.3 Å². The molecular weight excluding hydrogens is 324 g/mol. The molecule has 0 saturated carbocycles. The smallest absolute Gasteiger partial charge is 0.255 e. The molecule has 1 aliphatic heterocycles. The van der Waals surface area contributed by atoms with Crippen molar-refractivity contribution in [3.63, 3.8) is 0 Å². The van der Waals surface area contributed by atoms with Gasteiger partial charge in [-0.1, -0.05) is 30.7 Å². The van der Waals surface area contributed by atoms with Crippen LogP contribution in [0.15, 0.2) is 42.5 Å². The molecule has 0 unspecified atom stereocenters. The highest BCUT2D eigenvalue weighted by molar-refractivity contribution is 6.31. The molecule has 2 aromatic rings. The number of rotatable bonds is 3. The molecule has 3 rings (SSSR count). The van der Waals surface area contributed by atoms with Gasteiger partial charge in [0.15, 0.2) is 0 Å². The number of hydrogen-bond acceptors (Lipinski definition) is 2. The Morgan fingerprint density at radius 3 is 2.75 bits per heavy atom. The minimum Gasteiger partial charge on any atom is -0.338 e. The van der Waals surface area contributed by atoms with Crippen LogP contribution in [0.2, 0.25) is 5.02 Å². The van der Waals surface area contributed by atoms with Gasteiger partial charge >= 0.3 is 0 Å². The molecular formula is C19H19ClN2O2. The van der Waals surface area contributed by atoms with Crippen LogP contribution >= 0.6 is 11.6 Å². The van der Waals surface area contributed by atoms with E-state index in [1.165, 1.54) is 5.56 Å². The fraction of sp³-hybridized carbons (Fsp3) is 0.263. The van der Waals surface area contributed by atoms with Gasteiger partial charge in [-0.15, -0.1) is 0 Å². The lowest BCUT2D eigenvalue weighted by Crippen LogP contribution is -2.35. The molecule has 0 radical (unpaired) electrons. The van der Waals surface area contributed by atoms with E-state index < -0.39 is 0 Å². The second-order valence-electron chi connectivity index (χ2n) is 5.87. The zero-order chi connectivity index (χ0) is 17.1. The van der Waals surface area contributed by atoms with Gasteiger partial charge in [-0.2, -0.15) is 0 Å². The molecule has 0 aliphatic carbocycles. The van der Waals surface area contributed by atoms with Crippen molar-refractivity contribution in [2.75, 3.05) is 11.9 Å². The monoisotopic (exact) mass is 342 g/mol. The van der Waals surface area contributed by atoms with E-state index >= 15 is 0 Å². The van der Waals surface area contributed by atoms with Crippen molar-refractivity contribution in [3.05, 3.63) is 64.2 Å². The Labute approximate surface area is 146 Å². The Bertz CT molecular complexity index is 789. The lowest BCUT2D eigenvalue weighted by Gasteiger charge is -2.29. The molecule has 2 amide bonds. The number of benzene rings is 2.